The number of H-pyrrole nitrogens is 2. The summed E-state index contributed by atoms with van der Waals surface area (Å²) in [5.74, 6) is 2.94. The number of hydrogen-bond donors (Lipinski definition) is 3. The van der Waals surface area contributed by atoms with Crippen LogP contribution in [0.3, 0.4) is 0 Å². The first-order chi connectivity index (χ1) is 22.4. The fourth-order valence-corrected chi connectivity index (χ4v) is 8.87. The zero-order valence-electron chi connectivity index (χ0n) is 25.3. The number of nitrogens with zero attached hydrogens (tertiary/aromatic N) is 3. The van der Waals surface area contributed by atoms with Crippen molar-refractivity contribution in [2.24, 2.45) is 0 Å². The van der Waals surface area contributed by atoms with Gasteiger partial charge < -0.3 is 19.8 Å². The highest BCUT2D eigenvalue weighted by atomic mass is 35.5. The lowest BCUT2D eigenvalue weighted by Gasteiger charge is -2.12. The number of benzene rings is 3. The number of carboxylic acid groups (broad SMARTS) is 1. The van der Waals surface area contributed by atoms with Gasteiger partial charge >= 0.3 is 5.97 Å². The Bertz CT molecular complexity index is 2150. The lowest BCUT2D eigenvalue weighted by Crippen LogP contribution is -2.04. The predicted molar refractivity (Wildman–Crippen MR) is 185 cm³/mol. The highest BCUT2D eigenvalue weighted by Gasteiger charge is 2.28. The van der Waals surface area contributed by atoms with E-state index in [9.17, 15) is 9.90 Å². The number of hydrogen-bond acceptors (Lipinski definition) is 6. The number of fused-ring (bicyclic) bond motifs is 10. The van der Waals surface area contributed by atoms with Crippen LogP contribution in [0.5, 0.6) is 5.75 Å². The lowest BCUT2D eigenvalue weighted by atomic mass is 9.97. The highest BCUT2D eigenvalue weighted by molar-refractivity contribution is 7.98. The minimum absolute atomic E-state index is 0.202. The maximum absolute atomic E-state index is 12.6. The van der Waals surface area contributed by atoms with Gasteiger partial charge in [-0.1, -0.05) is 41.9 Å². The fourth-order valence-electron chi connectivity index (χ4n) is 6.81. The quantitative estimate of drug-likeness (QED) is 0.161. The smallest absolute Gasteiger partial charge is 0.352 e. The molecular formula is C35H32ClN5O3S2. The molecule has 3 aromatic carbocycles. The average Bonchev–Trinajstić information content (AvgIpc) is 3.81. The summed E-state index contributed by atoms with van der Waals surface area (Å²) in [5, 5.41) is 19.0. The molecule has 0 fully saturated rings. The number of nitrogens with one attached hydrogen (secondary N) is 2. The van der Waals surface area contributed by atoms with Gasteiger partial charge in [0.15, 0.2) is 0 Å². The fraction of sp³-hybridized carbons (Fsp3) is 0.286. The molecule has 3 aromatic heterocycles. The zero-order chi connectivity index (χ0) is 31.4. The van der Waals surface area contributed by atoms with Crippen molar-refractivity contribution in [3.05, 3.63) is 93.4 Å². The SMILES string of the molecule is Cc1[nH]c2nc1CSc1cc(c3ccccc3c1)OCCCc1c(C(=O)O)[nH]c3c(c(Cl)ccc13)-c1c(nn3c1CCC3)CSC2. The predicted octanol–water partition coefficient (Wildman–Crippen LogP) is 8.56. The normalized spacial score (nSPS) is 15.4. The molecule has 0 saturated heterocycles. The molecule has 0 spiro atoms. The average molecular weight is 670 g/mol. The molecule has 11 heteroatoms. The van der Waals surface area contributed by atoms with Crippen LogP contribution in [0.4, 0.5) is 0 Å². The van der Waals surface area contributed by atoms with Gasteiger partial charge in [0, 0.05) is 56.2 Å². The summed E-state index contributed by atoms with van der Waals surface area (Å²) in [4.78, 5) is 25.4. The van der Waals surface area contributed by atoms with E-state index >= 15 is 0 Å². The molecule has 2 aliphatic heterocycles. The Morgan fingerprint density at radius 2 is 1.89 bits per heavy atom. The van der Waals surface area contributed by atoms with Gasteiger partial charge in [0.2, 0.25) is 0 Å². The molecule has 0 unspecified atom stereocenters. The van der Waals surface area contributed by atoms with Gasteiger partial charge in [-0.2, -0.15) is 5.10 Å². The van der Waals surface area contributed by atoms with Crippen molar-refractivity contribution in [3.8, 4) is 16.9 Å². The van der Waals surface area contributed by atoms with E-state index in [2.05, 4.69) is 45.8 Å². The number of ether oxygens (including phenoxy) is 1. The number of thioether (sulfide) groups is 2. The maximum atomic E-state index is 12.6. The summed E-state index contributed by atoms with van der Waals surface area (Å²) in [6.07, 6.45) is 3.13. The monoisotopic (exact) mass is 669 g/mol. The second-order valence-corrected chi connectivity index (χ2v) is 14.3. The number of carbonyl (C=O) groups is 1. The Balaban J connectivity index is 1.24. The van der Waals surface area contributed by atoms with Crippen molar-refractivity contribution < 1.29 is 14.6 Å². The van der Waals surface area contributed by atoms with Crippen molar-refractivity contribution in [3.63, 3.8) is 0 Å². The summed E-state index contributed by atoms with van der Waals surface area (Å²) < 4.78 is 8.52. The molecular weight excluding hydrogens is 638 g/mol. The van der Waals surface area contributed by atoms with E-state index in [1.807, 2.05) is 24.3 Å². The van der Waals surface area contributed by atoms with Gasteiger partial charge in [-0.15, -0.1) is 23.5 Å². The molecule has 8 bridgehead atoms. The molecule has 46 heavy (non-hydrogen) atoms. The molecule has 234 valence electrons. The summed E-state index contributed by atoms with van der Waals surface area (Å²) in [7, 11) is 0. The Morgan fingerprint density at radius 3 is 2.78 bits per heavy atom. The third-order valence-corrected chi connectivity index (χ3v) is 11.2. The second kappa shape index (κ2) is 12.1. The summed E-state index contributed by atoms with van der Waals surface area (Å²) in [6, 6.07) is 16.4. The maximum Gasteiger partial charge on any atom is 0.352 e. The van der Waals surface area contributed by atoms with Crippen LogP contribution < -0.4 is 4.74 Å². The van der Waals surface area contributed by atoms with E-state index in [4.69, 9.17) is 26.4 Å². The molecule has 0 radical (unpaired) electrons. The molecule has 0 aliphatic carbocycles. The zero-order valence-corrected chi connectivity index (χ0v) is 27.7. The van der Waals surface area contributed by atoms with E-state index in [1.165, 1.54) is 0 Å². The van der Waals surface area contributed by atoms with Crippen molar-refractivity contribution in [1.29, 1.82) is 0 Å². The van der Waals surface area contributed by atoms with Gasteiger partial charge in [0.05, 0.1) is 34.3 Å². The Morgan fingerprint density at radius 1 is 1.00 bits per heavy atom. The van der Waals surface area contributed by atoms with Crippen LogP contribution in [-0.4, -0.2) is 42.4 Å². The Labute approximate surface area is 279 Å². The molecule has 2 aliphatic rings. The van der Waals surface area contributed by atoms with E-state index in [0.717, 1.165) is 109 Å². The van der Waals surface area contributed by atoms with Crippen molar-refractivity contribution in [2.45, 2.75) is 61.3 Å². The second-order valence-electron chi connectivity index (χ2n) is 11.9. The third kappa shape index (κ3) is 5.26. The van der Waals surface area contributed by atoms with Crippen LogP contribution in [0.15, 0.2) is 53.4 Å². The Hall–Kier alpha value is -3.86. The van der Waals surface area contributed by atoms with Crippen LogP contribution in [0, 0.1) is 6.92 Å². The number of rotatable bonds is 1. The van der Waals surface area contributed by atoms with E-state index in [0.29, 0.717) is 30.2 Å². The largest absolute Gasteiger partial charge is 0.493 e. The number of imidazole rings is 1. The minimum atomic E-state index is -0.983. The van der Waals surface area contributed by atoms with Crippen molar-refractivity contribution in [1.82, 2.24) is 24.7 Å². The molecule has 8 nitrogen and oxygen atoms in total. The lowest BCUT2D eigenvalue weighted by molar-refractivity contribution is 0.0690. The standard InChI is InChI=1S/C35H32ClN5O3S2/c1-19-26-17-46-21-14-20-6-2-3-7-22(20)29(15-21)44-13-5-8-23-24-10-11-25(36)31(33(24)39-34(23)35(42)43)32-27(16-45-18-30(37-19)38-26)40-41-12-4-9-28(32)41/h2-3,6-7,10-11,14-15,39H,4-5,8-9,12-13,16-18H2,1H3,(H,37,38)(H,42,43). The Kier molecular flexibility index (Phi) is 7.74. The van der Waals surface area contributed by atoms with Crippen LogP contribution in [0.25, 0.3) is 32.8 Å². The number of aromatic amines is 2. The topological polar surface area (TPSA) is 109 Å². The summed E-state index contributed by atoms with van der Waals surface area (Å²) >= 11 is 10.5. The first-order valence-electron chi connectivity index (χ1n) is 15.5. The minimum Gasteiger partial charge on any atom is -0.493 e. The molecule has 8 rings (SSSR count). The highest BCUT2D eigenvalue weighted by Crippen LogP contribution is 2.43. The first kappa shape index (κ1) is 29.5. The van der Waals surface area contributed by atoms with Gasteiger partial charge in [-0.25, -0.2) is 9.78 Å². The molecule has 3 N–H and O–H groups in total. The number of aromatic carboxylic acids is 1. The number of carboxylic acids is 1. The molecule has 0 amide bonds. The van der Waals surface area contributed by atoms with Crippen LogP contribution in [-0.2, 0) is 36.6 Å². The molecule has 6 aromatic rings. The van der Waals surface area contributed by atoms with Gasteiger partial charge in [-0.05, 0) is 61.8 Å². The van der Waals surface area contributed by atoms with Crippen LogP contribution in [0.2, 0.25) is 5.02 Å². The van der Waals surface area contributed by atoms with Crippen LogP contribution >= 0.6 is 35.1 Å². The van der Waals surface area contributed by atoms with E-state index < -0.39 is 5.97 Å². The summed E-state index contributed by atoms with van der Waals surface area (Å²) in [5.41, 5.74) is 7.85. The van der Waals surface area contributed by atoms with E-state index in [1.54, 1.807) is 23.5 Å². The third-order valence-electron chi connectivity index (χ3n) is 8.92. The van der Waals surface area contributed by atoms with Gasteiger partial charge in [0.1, 0.15) is 17.3 Å². The van der Waals surface area contributed by atoms with Crippen LogP contribution in [0.1, 0.15) is 57.5 Å². The first-order valence-corrected chi connectivity index (χ1v) is 18.0. The molecule has 0 saturated carbocycles. The number of aryl methyl sites for hydroxylation is 3. The molecule has 5 heterocycles. The van der Waals surface area contributed by atoms with Crippen molar-refractivity contribution in [2.75, 3.05) is 6.61 Å². The van der Waals surface area contributed by atoms with Gasteiger partial charge in [0.25, 0.3) is 0 Å². The van der Waals surface area contributed by atoms with E-state index in [-0.39, 0.29) is 5.69 Å². The summed E-state index contributed by atoms with van der Waals surface area (Å²) in [6.45, 7) is 3.40. The number of aromatic nitrogens is 5. The van der Waals surface area contributed by atoms with Gasteiger partial charge in [-0.3, -0.25) is 4.68 Å². The number of halogens is 1. The molecule has 0 atom stereocenters. The van der Waals surface area contributed by atoms with Crippen molar-refractivity contribution >= 4 is 62.8 Å².